The number of carbonyl (C=O) groups is 1. The van der Waals surface area contributed by atoms with Crippen LogP contribution in [0.5, 0.6) is 0 Å². The highest BCUT2D eigenvalue weighted by atomic mass is 35.5. The molecule has 19 heavy (non-hydrogen) atoms. The van der Waals surface area contributed by atoms with Crippen LogP contribution in [0, 0.1) is 0 Å². The van der Waals surface area contributed by atoms with Crippen molar-refractivity contribution in [2.75, 3.05) is 27.2 Å². The van der Waals surface area contributed by atoms with Crippen molar-refractivity contribution in [2.45, 2.75) is 25.8 Å². The Morgan fingerprint density at radius 3 is 2.84 bits per heavy atom. The monoisotopic (exact) mass is 281 g/mol. The van der Waals surface area contributed by atoms with Crippen molar-refractivity contribution in [1.82, 2.24) is 14.8 Å². The molecule has 1 atom stereocenters. The molecule has 1 aliphatic rings. The molecule has 1 unspecified atom stereocenters. The van der Waals surface area contributed by atoms with Gasteiger partial charge in [0.05, 0.1) is 0 Å². The SMILES string of the molecule is CCc1cc(C(=O)N2CCC(N(C)C)C2)cc(Cl)n1. The number of aryl methyl sites for hydroxylation is 1. The lowest BCUT2D eigenvalue weighted by molar-refractivity contribution is 0.0783. The zero-order chi connectivity index (χ0) is 14.0. The molecule has 1 aromatic heterocycles. The van der Waals surface area contributed by atoms with Crippen molar-refractivity contribution in [3.63, 3.8) is 0 Å². The number of carbonyl (C=O) groups excluding carboxylic acids is 1. The molecule has 4 nitrogen and oxygen atoms in total. The van der Waals surface area contributed by atoms with Gasteiger partial charge in [-0.15, -0.1) is 0 Å². The summed E-state index contributed by atoms with van der Waals surface area (Å²) in [6.07, 6.45) is 1.80. The van der Waals surface area contributed by atoms with Crippen molar-refractivity contribution < 1.29 is 4.79 Å². The summed E-state index contributed by atoms with van der Waals surface area (Å²) >= 11 is 5.97. The van der Waals surface area contributed by atoms with E-state index in [2.05, 4.69) is 24.0 Å². The number of halogens is 1. The van der Waals surface area contributed by atoms with Crippen molar-refractivity contribution in [2.24, 2.45) is 0 Å². The zero-order valence-corrected chi connectivity index (χ0v) is 12.4. The summed E-state index contributed by atoms with van der Waals surface area (Å²) in [6, 6.07) is 3.95. The Morgan fingerprint density at radius 2 is 2.26 bits per heavy atom. The van der Waals surface area contributed by atoms with Gasteiger partial charge in [0.1, 0.15) is 5.15 Å². The first kappa shape index (κ1) is 14.3. The fourth-order valence-corrected chi connectivity index (χ4v) is 2.61. The summed E-state index contributed by atoms with van der Waals surface area (Å²) < 4.78 is 0. The van der Waals surface area contributed by atoms with Crippen LogP contribution in [0.15, 0.2) is 12.1 Å². The van der Waals surface area contributed by atoms with Crippen LogP contribution in [0.4, 0.5) is 0 Å². The Hall–Kier alpha value is -1.13. The molecule has 0 aliphatic carbocycles. The fourth-order valence-electron chi connectivity index (χ4n) is 2.39. The Labute approximate surface area is 119 Å². The van der Waals surface area contributed by atoms with Crippen molar-refractivity contribution in [3.8, 4) is 0 Å². The number of aromatic nitrogens is 1. The van der Waals surface area contributed by atoms with E-state index in [1.54, 1.807) is 6.07 Å². The lowest BCUT2D eigenvalue weighted by atomic mass is 10.2. The Bertz CT molecular complexity index is 476. The second kappa shape index (κ2) is 5.88. The minimum absolute atomic E-state index is 0.0587. The molecule has 1 amide bonds. The average Bonchev–Trinajstić information content (AvgIpc) is 2.86. The molecule has 2 rings (SSSR count). The molecule has 0 radical (unpaired) electrons. The van der Waals surface area contributed by atoms with Crippen LogP contribution in [0.2, 0.25) is 5.15 Å². The molecule has 0 saturated carbocycles. The van der Waals surface area contributed by atoms with Gasteiger partial charge in [-0.3, -0.25) is 4.79 Å². The zero-order valence-electron chi connectivity index (χ0n) is 11.7. The van der Waals surface area contributed by atoms with Gasteiger partial charge in [0, 0.05) is 30.4 Å². The normalized spacial score (nSPS) is 19.2. The van der Waals surface area contributed by atoms with Crippen molar-refractivity contribution in [1.29, 1.82) is 0 Å². The lowest BCUT2D eigenvalue weighted by Crippen LogP contribution is -2.34. The third kappa shape index (κ3) is 3.25. The van der Waals surface area contributed by atoms with Crippen LogP contribution < -0.4 is 0 Å². The molecule has 0 spiro atoms. The van der Waals surface area contributed by atoms with E-state index in [9.17, 15) is 4.79 Å². The fraction of sp³-hybridized carbons (Fsp3) is 0.571. The number of nitrogens with zero attached hydrogens (tertiary/aromatic N) is 3. The van der Waals surface area contributed by atoms with Gasteiger partial charge in [-0.1, -0.05) is 18.5 Å². The van der Waals surface area contributed by atoms with Gasteiger partial charge in [-0.05, 0) is 39.1 Å². The molecule has 104 valence electrons. The van der Waals surface area contributed by atoms with Gasteiger partial charge < -0.3 is 9.80 Å². The molecule has 1 aliphatic heterocycles. The quantitative estimate of drug-likeness (QED) is 0.796. The largest absolute Gasteiger partial charge is 0.337 e. The van der Waals surface area contributed by atoms with E-state index in [1.807, 2.05) is 17.9 Å². The van der Waals surface area contributed by atoms with Crippen molar-refractivity contribution in [3.05, 3.63) is 28.5 Å². The Balaban J connectivity index is 2.14. The highest BCUT2D eigenvalue weighted by Gasteiger charge is 2.28. The van der Waals surface area contributed by atoms with E-state index in [-0.39, 0.29) is 5.91 Å². The molecular formula is C14H20ClN3O. The van der Waals surface area contributed by atoms with E-state index in [0.29, 0.717) is 16.8 Å². The van der Waals surface area contributed by atoms with Crippen LogP contribution >= 0.6 is 11.6 Å². The summed E-state index contributed by atoms with van der Waals surface area (Å²) in [7, 11) is 4.11. The number of likely N-dealkylation sites (N-methyl/N-ethyl adjacent to an activating group) is 1. The Kier molecular flexibility index (Phi) is 4.42. The molecule has 5 heteroatoms. The predicted octanol–water partition coefficient (Wildman–Crippen LogP) is 2.07. The van der Waals surface area contributed by atoms with Gasteiger partial charge >= 0.3 is 0 Å². The van der Waals surface area contributed by atoms with Crippen LogP contribution in [0.3, 0.4) is 0 Å². The first-order chi connectivity index (χ1) is 9.01. The minimum atomic E-state index is 0.0587. The molecule has 1 aromatic rings. The summed E-state index contributed by atoms with van der Waals surface area (Å²) in [5, 5.41) is 0.394. The summed E-state index contributed by atoms with van der Waals surface area (Å²) in [5.41, 5.74) is 1.51. The number of hydrogen-bond donors (Lipinski definition) is 0. The number of likely N-dealkylation sites (tertiary alicyclic amines) is 1. The second-order valence-electron chi connectivity index (χ2n) is 5.18. The molecule has 2 heterocycles. The minimum Gasteiger partial charge on any atom is -0.337 e. The number of pyridine rings is 1. The number of hydrogen-bond acceptors (Lipinski definition) is 3. The first-order valence-corrected chi connectivity index (χ1v) is 7.01. The lowest BCUT2D eigenvalue weighted by Gasteiger charge is -2.20. The number of rotatable bonds is 3. The highest BCUT2D eigenvalue weighted by Crippen LogP contribution is 2.18. The van der Waals surface area contributed by atoms with E-state index in [1.165, 1.54) is 0 Å². The third-order valence-electron chi connectivity index (χ3n) is 3.64. The number of amides is 1. The predicted molar refractivity (Wildman–Crippen MR) is 76.6 cm³/mol. The first-order valence-electron chi connectivity index (χ1n) is 6.63. The molecule has 1 fully saturated rings. The van der Waals surface area contributed by atoms with Crippen LogP contribution in [-0.2, 0) is 6.42 Å². The second-order valence-corrected chi connectivity index (χ2v) is 5.57. The Morgan fingerprint density at radius 1 is 1.53 bits per heavy atom. The smallest absolute Gasteiger partial charge is 0.254 e. The molecular weight excluding hydrogens is 262 g/mol. The standard InChI is InChI=1S/C14H20ClN3O/c1-4-11-7-10(8-13(15)16-11)14(19)18-6-5-12(9-18)17(2)3/h7-8,12H,4-6,9H2,1-3H3. The van der Waals surface area contributed by atoms with Crippen LogP contribution in [0.25, 0.3) is 0 Å². The van der Waals surface area contributed by atoms with Gasteiger partial charge in [-0.2, -0.15) is 0 Å². The van der Waals surface area contributed by atoms with Gasteiger partial charge in [0.2, 0.25) is 0 Å². The topological polar surface area (TPSA) is 36.4 Å². The van der Waals surface area contributed by atoms with E-state index in [0.717, 1.165) is 31.6 Å². The summed E-state index contributed by atoms with van der Waals surface area (Å²) in [6.45, 7) is 3.60. The van der Waals surface area contributed by atoms with Gasteiger partial charge in [-0.25, -0.2) is 4.98 Å². The molecule has 0 N–H and O–H groups in total. The highest BCUT2D eigenvalue weighted by molar-refractivity contribution is 6.29. The van der Waals surface area contributed by atoms with Crippen LogP contribution in [-0.4, -0.2) is 53.9 Å². The summed E-state index contributed by atoms with van der Waals surface area (Å²) in [5.74, 6) is 0.0587. The molecule has 0 aromatic carbocycles. The van der Waals surface area contributed by atoms with E-state index >= 15 is 0 Å². The average molecular weight is 282 g/mol. The van der Waals surface area contributed by atoms with Crippen molar-refractivity contribution >= 4 is 17.5 Å². The maximum absolute atomic E-state index is 12.5. The van der Waals surface area contributed by atoms with Crippen LogP contribution in [0.1, 0.15) is 29.4 Å². The van der Waals surface area contributed by atoms with E-state index in [4.69, 9.17) is 11.6 Å². The van der Waals surface area contributed by atoms with E-state index < -0.39 is 0 Å². The van der Waals surface area contributed by atoms with Gasteiger partial charge in [0.25, 0.3) is 5.91 Å². The van der Waals surface area contributed by atoms with Gasteiger partial charge in [0.15, 0.2) is 0 Å². The summed E-state index contributed by atoms with van der Waals surface area (Å²) in [4.78, 5) is 20.7. The molecule has 1 saturated heterocycles. The molecule has 0 bridgehead atoms. The maximum atomic E-state index is 12.5. The third-order valence-corrected chi connectivity index (χ3v) is 3.83. The maximum Gasteiger partial charge on any atom is 0.254 e.